The van der Waals surface area contributed by atoms with Crippen LogP contribution in [0.5, 0.6) is 0 Å². The molecule has 0 heterocycles. The van der Waals surface area contributed by atoms with Gasteiger partial charge in [0, 0.05) is 12.1 Å². The first kappa shape index (κ1) is 12.1. The number of hydrogen-bond donors (Lipinski definition) is 0. The van der Waals surface area contributed by atoms with E-state index in [1.807, 2.05) is 20.8 Å². The fraction of sp³-hybridized carbons (Fsp3) is 0.400. The van der Waals surface area contributed by atoms with Gasteiger partial charge in [0.2, 0.25) is 0 Å². The van der Waals surface area contributed by atoms with Crippen molar-refractivity contribution in [2.24, 2.45) is 5.29 Å². The van der Waals surface area contributed by atoms with Crippen molar-refractivity contribution in [1.29, 1.82) is 0 Å². The second kappa shape index (κ2) is 4.26. The summed E-state index contributed by atoms with van der Waals surface area (Å²) in [5.74, 6) is 0. The van der Waals surface area contributed by atoms with Gasteiger partial charge in [0.15, 0.2) is 0 Å². The summed E-state index contributed by atoms with van der Waals surface area (Å²) in [6.07, 6.45) is 0. The Morgan fingerprint density at radius 2 is 1.75 bits per heavy atom. The maximum Gasteiger partial charge on any atom is 0.269 e. The molecule has 0 unspecified atom stereocenters. The summed E-state index contributed by atoms with van der Waals surface area (Å²) in [5.41, 5.74) is 0.0642. The Bertz CT molecular complexity index is 395. The van der Waals surface area contributed by atoms with Gasteiger partial charge in [-0.25, -0.2) is 5.01 Å². The van der Waals surface area contributed by atoms with Crippen molar-refractivity contribution in [3.8, 4) is 0 Å². The fourth-order valence-electron chi connectivity index (χ4n) is 1.27. The summed E-state index contributed by atoms with van der Waals surface area (Å²) in [4.78, 5) is 20.7. The summed E-state index contributed by atoms with van der Waals surface area (Å²) in [5, 5.41) is 14.6. The first-order valence-electron chi connectivity index (χ1n) is 4.74. The molecule has 0 N–H and O–H groups in total. The third-order valence-corrected chi connectivity index (χ3v) is 2.02. The molecule has 0 aliphatic rings. The highest BCUT2D eigenvalue weighted by molar-refractivity contribution is 5.51. The molecule has 0 atom stereocenters. The molecule has 0 saturated heterocycles. The highest BCUT2D eigenvalue weighted by Gasteiger charge is 2.23. The molecule has 0 aliphatic heterocycles. The van der Waals surface area contributed by atoms with Crippen molar-refractivity contribution in [2.45, 2.75) is 26.3 Å². The number of non-ortho nitro benzene ring substituents is 1. The number of nitrogens with zero attached hydrogens (tertiary/aromatic N) is 3. The van der Waals surface area contributed by atoms with E-state index < -0.39 is 10.5 Å². The molecule has 6 heteroatoms. The summed E-state index contributed by atoms with van der Waals surface area (Å²) < 4.78 is 0. The molecule has 0 fully saturated rings. The van der Waals surface area contributed by atoms with Crippen LogP contribution in [-0.4, -0.2) is 10.5 Å². The molecule has 1 aromatic carbocycles. The van der Waals surface area contributed by atoms with Crippen molar-refractivity contribution >= 4 is 11.4 Å². The SMILES string of the molecule is CC(C)(C)N(N=O)c1ccc([N+](=O)[O-])cc1. The van der Waals surface area contributed by atoms with Gasteiger partial charge in [0.1, 0.15) is 0 Å². The first-order valence-corrected chi connectivity index (χ1v) is 4.74. The molecule has 86 valence electrons. The Morgan fingerprint density at radius 3 is 2.06 bits per heavy atom. The van der Waals surface area contributed by atoms with Gasteiger partial charge >= 0.3 is 0 Å². The molecule has 16 heavy (non-hydrogen) atoms. The number of anilines is 1. The van der Waals surface area contributed by atoms with E-state index in [2.05, 4.69) is 5.29 Å². The van der Waals surface area contributed by atoms with Crippen LogP contribution in [0.4, 0.5) is 11.4 Å². The lowest BCUT2D eigenvalue weighted by atomic mass is 10.1. The van der Waals surface area contributed by atoms with Crippen molar-refractivity contribution < 1.29 is 4.92 Å². The zero-order valence-electron chi connectivity index (χ0n) is 9.38. The number of hydrogen-bond acceptors (Lipinski definition) is 4. The van der Waals surface area contributed by atoms with Gasteiger partial charge in [0.25, 0.3) is 5.69 Å². The lowest BCUT2D eigenvalue weighted by Crippen LogP contribution is -2.36. The average Bonchev–Trinajstić information content (AvgIpc) is 2.17. The fourth-order valence-corrected chi connectivity index (χ4v) is 1.27. The third-order valence-electron chi connectivity index (χ3n) is 2.02. The zero-order valence-corrected chi connectivity index (χ0v) is 9.38. The normalized spacial score (nSPS) is 10.9. The van der Waals surface area contributed by atoms with Crippen LogP contribution in [0.25, 0.3) is 0 Å². The van der Waals surface area contributed by atoms with Crippen LogP contribution < -0.4 is 5.01 Å². The van der Waals surface area contributed by atoms with Gasteiger partial charge in [-0.1, -0.05) is 0 Å². The predicted molar refractivity (Wildman–Crippen MR) is 61.1 cm³/mol. The number of nitroso groups, excluding NO2 is 1. The monoisotopic (exact) mass is 223 g/mol. The lowest BCUT2D eigenvalue weighted by molar-refractivity contribution is -0.384. The minimum atomic E-state index is -0.487. The van der Waals surface area contributed by atoms with Crippen molar-refractivity contribution in [2.75, 3.05) is 5.01 Å². The van der Waals surface area contributed by atoms with E-state index in [4.69, 9.17) is 0 Å². The number of rotatable bonds is 3. The number of benzene rings is 1. The largest absolute Gasteiger partial charge is 0.269 e. The van der Waals surface area contributed by atoms with Gasteiger partial charge in [-0.15, -0.1) is 4.91 Å². The number of nitro benzene ring substituents is 1. The van der Waals surface area contributed by atoms with Gasteiger partial charge < -0.3 is 0 Å². The quantitative estimate of drug-likeness (QED) is 0.448. The molecule has 0 saturated carbocycles. The molecular formula is C10H13N3O3. The summed E-state index contributed by atoms with van der Waals surface area (Å²) in [6.45, 7) is 5.49. The lowest BCUT2D eigenvalue weighted by Gasteiger charge is -2.29. The average molecular weight is 223 g/mol. The van der Waals surface area contributed by atoms with E-state index >= 15 is 0 Å². The standard InChI is InChI=1S/C10H13N3O3/c1-10(2,3)12(11-14)8-4-6-9(7-5-8)13(15)16/h4-7H,1-3H3. The minimum Gasteiger partial charge on any atom is -0.258 e. The van der Waals surface area contributed by atoms with Gasteiger partial charge in [0.05, 0.1) is 21.4 Å². The molecule has 0 radical (unpaired) electrons. The predicted octanol–water partition coefficient (Wildman–Crippen LogP) is 2.88. The van der Waals surface area contributed by atoms with Crippen LogP contribution in [-0.2, 0) is 0 Å². The first-order chi connectivity index (χ1) is 7.36. The molecule has 0 spiro atoms. The van der Waals surface area contributed by atoms with Crippen LogP contribution >= 0.6 is 0 Å². The van der Waals surface area contributed by atoms with Gasteiger partial charge in [-0.2, -0.15) is 0 Å². The molecule has 1 rings (SSSR count). The Balaban J connectivity index is 3.05. The molecule has 6 nitrogen and oxygen atoms in total. The maximum absolute atomic E-state index is 10.7. The van der Waals surface area contributed by atoms with E-state index in [9.17, 15) is 15.0 Å². The van der Waals surface area contributed by atoms with E-state index in [-0.39, 0.29) is 5.69 Å². The van der Waals surface area contributed by atoms with E-state index in [0.717, 1.165) is 0 Å². The molecule has 0 amide bonds. The smallest absolute Gasteiger partial charge is 0.258 e. The second-order valence-electron chi connectivity index (χ2n) is 4.34. The summed E-state index contributed by atoms with van der Waals surface area (Å²) in [6, 6.07) is 5.70. The van der Waals surface area contributed by atoms with E-state index in [0.29, 0.717) is 5.69 Å². The van der Waals surface area contributed by atoms with Crippen molar-refractivity contribution in [3.63, 3.8) is 0 Å². The molecule has 0 aliphatic carbocycles. The molecule has 1 aromatic rings. The van der Waals surface area contributed by atoms with E-state index in [1.165, 1.54) is 29.3 Å². The van der Waals surface area contributed by atoms with E-state index in [1.54, 1.807) is 0 Å². The topological polar surface area (TPSA) is 75.8 Å². The van der Waals surface area contributed by atoms with Gasteiger partial charge in [-0.3, -0.25) is 10.1 Å². The van der Waals surface area contributed by atoms with Crippen LogP contribution in [0.1, 0.15) is 20.8 Å². The Morgan fingerprint density at radius 1 is 1.25 bits per heavy atom. The minimum absolute atomic E-state index is 0.0106. The summed E-state index contributed by atoms with van der Waals surface area (Å²) >= 11 is 0. The highest BCUT2D eigenvalue weighted by atomic mass is 16.6. The Kier molecular flexibility index (Phi) is 3.22. The summed E-state index contributed by atoms with van der Waals surface area (Å²) in [7, 11) is 0. The van der Waals surface area contributed by atoms with Crippen molar-refractivity contribution in [1.82, 2.24) is 0 Å². The Hall–Kier alpha value is -1.98. The second-order valence-corrected chi connectivity index (χ2v) is 4.34. The van der Waals surface area contributed by atoms with Crippen LogP contribution in [0.2, 0.25) is 0 Å². The Labute approximate surface area is 93.0 Å². The molecular weight excluding hydrogens is 210 g/mol. The van der Waals surface area contributed by atoms with Gasteiger partial charge in [-0.05, 0) is 32.9 Å². The zero-order chi connectivity index (χ0) is 12.3. The molecule has 0 bridgehead atoms. The molecule has 0 aromatic heterocycles. The number of nitro groups is 1. The van der Waals surface area contributed by atoms with Crippen molar-refractivity contribution in [3.05, 3.63) is 39.3 Å². The van der Waals surface area contributed by atoms with Crippen LogP contribution in [0, 0.1) is 15.0 Å². The highest BCUT2D eigenvalue weighted by Crippen LogP contribution is 2.25. The maximum atomic E-state index is 10.7. The van der Waals surface area contributed by atoms with Crippen LogP contribution in [0.15, 0.2) is 29.6 Å². The third kappa shape index (κ3) is 2.53. The van der Waals surface area contributed by atoms with Crippen LogP contribution in [0.3, 0.4) is 0 Å².